The maximum absolute atomic E-state index is 12.9. The third kappa shape index (κ3) is 4.53. The number of hydrogen-bond acceptors (Lipinski definition) is 3. The molecule has 3 rings (SSSR count). The van der Waals surface area contributed by atoms with Crippen LogP contribution in [0.2, 0.25) is 10.0 Å². The molecular formula is C19H14Cl2FN3O2. The summed E-state index contributed by atoms with van der Waals surface area (Å²) >= 11 is 11.6. The Balaban J connectivity index is 1.64. The van der Waals surface area contributed by atoms with Crippen molar-refractivity contribution in [2.75, 3.05) is 6.54 Å². The Morgan fingerprint density at radius 2 is 1.74 bits per heavy atom. The average molecular weight is 406 g/mol. The highest BCUT2D eigenvalue weighted by atomic mass is 35.5. The van der Waals surface area contributed by atoms with Crippen molar-refractivity contribution < 1.29 is 9.18 Å². The van der Waals surface area contributed by atoms with Gasteiger partial charge in [-0.1, -0.05) is 35.3 Å². The standard InChI is InChI=1S/C19H14Cl2FN3O2/c20-16-11-24-25(19(27)17(16)21)15-7-3-13(4-8-15)18(26)23-10-9-12-1-5-14(22)6-2-12/h1-8,11H,9-10H2,(H,23,26). The number of hydrogen-bond donors (Lipinski definition) is 1. The van der Waals surface area contributed by atoms with Crippen LogP contribution in [0, 0.1) is 5.82 Å². The number of carbonyl (C=O) groups is 1. The van der Waals surface area contributed by atoms with E-state index in [1.807, 2.05) is 0 Å². The van der Waals surface area contributed by atoms with Crippen molar-refractivity contribution in [1.82, 2.24) is 15.1 Å². The van der Waals surface area contributed by atoms with Crippen LogP contribution in [-0.2, 0) is 6.42 Å². The van der Waals surface area contributed by atoms with Gasteiger partial charge in [0.25, 0.3) is 11.5 Å². The molecule has 3 aromatic rings. The molecule has 138 valence electrons. The number of carbonyl (C=O) groups excluding carboxylic acids is 1. The molecule has 0 unspecified atom stereocenters. The monoisotopic (exact) mass is 405 g/mol. The van der Waals surface area contributed by atoms with Crippen molar-refractivity contribution in [2.24, 2.45) is 0 Å². The highest BCUT2D eigenvalue weighted by molar-refractivity contribution is 6.41. The van der Waals surface area contributed by atoms with E-state index >= 15 is 0 Å². The Bertz CT molecular complexity index is 1020. The zero-order chi connectivity index (χ0) is 19.4. The lowest BCUT2D eigenvalue weighted by atomic mass is 10.1. The molecule has 1 amide bonds. The first-order chi connectivity index (χ1) is 13.0. The van der Waals surface area contributed by atoms with Crippen LogP contribution in [0.1, 0.15) is 15.9 Å². The van der Waals surface area contributed by atoms with Crippen LogP contribution >= 0.6 is 23.2 Å². The van der Waals surface area contributed by atoms with Gasteiger partial charge in [-0.2, -0.15) is 9.78 Å². The van der Waals surface area contributed by atoms with Crippen LogP contribution in [-0.4, -0.2) is 22.2 Å². The molecule has 0 aliphatic rings. The van der Waals surface area contributed by atoms with Crippen molar-refractivity contribution in [3.63, 3.8) is 0 Å². The van der Waals surface area contributed by atoms with Crippen LogP contribution in [0.4, 0.5) is 4.39 Å². The molecule has 1 aromatic heterocycles. The van der Waals surface area contributed by atoms with Gasteiger partial charge in [0, 0.05) is 12.1 Å². The van der Waals surface area contributed by atoms with Gasteiger partial charge >= 0.3 is 0 Å². The van der Waals surface area contributed by atoms with E-state index in [0.717, 1.165) is 10.2 Å². The van der Waals surface area contributed by atoms with E-state index in [4.69, 9.17) is 23.2 Å². The topological polar surface area (TPSA) is 64.0 Å². The second-order valence-corrected chi connectivity index (χ2v) is 6.49. The number of rotatable bonds is 5. The quantitative estimate of drug-likeness (QED) is 0.704. The molecule has 5 nitrogen and oxygen atoms in total. The predicted octanol–water partition coefficient (Wildman–Crippen LogP) is 3.65. The van der Waals surface area contributed by atoms with Gasteiger partial charge in [0.2, 0.25) is 0 Å². The van der Waals surface area contributed by atoms with Gasteiger partial charge in [-0.3, -0.25) is 9.59 Å². The number of nitrogens with one attached hydrogen (secondary N) is 1. The van der Waals surface area contributed by atoms with E-state index in [0.29, 0.717) is 24.2 Å². The summed E-state index contributed by atoms with van der Waals surface area (Å²) in [5.41, 5.74) is 1.28. The fourth-order valence-corrected chi connectivity index (χ4v) is 2.68. The van der Waals surface area contributed by atoms with Crippen molar-refractivity contribution in [1.29, 1.82) is 0 Å². The van der Waals surface area contributed by atoms with E-state index in [1.54, 1.807) is 36.4 Å². The van der Waals surface area contributed by atoms with E-state index in [2.05, 4.69) is 10.4 Å². The van der Waals surface area contributed by atoms with Crippen molar-refractivity contribution in [3.8, 4) is 5.69 Å². The summed E-state index contributed by atoms with van der Waals surface area (Å²) in [6.45, 7) is 0.417. The Morgan fingerprint density at radius 1 is 1.07 bits per heavy atom. The summed E-state index contributed by atoms with van der Waals surface area (Å²) < 4.78 is 14.0. The fourth-order valence-electron chi connectivity index (χ4n) is 2.42. The molecule has 0 radical (unpaired) electrons. The van der Waals surface area contributed by atoms with E-state index < -0.39 is 5.56 Å². The first kappa shape index (κ1) is 19.1. The molecule has 0 bridgehead atoms. The molecule has 1 N–H and O–H groups in total. The molecule has 8 heteroatoms. The first-order valence-corrected chi connectivity index (χ1v) is 8.78. The predicted molar refractivity (Wildman–Crippen MR) is 102 cm³/mol. The third-order valence-electron chi connectivity index (χ3n) is 3.86. The second-order valence-electron chi connectivity index (χ2n) is 5.70. The largest absolute Gasteiger partial charge is 0.352 e. The van der Waals surface area contributed by atoms with Crippen LogP contribution in [0.5, 0.6) is 0 Å². The molecule has 0 saturated heterocycles. The number of amides is 1. The maximum atomic E-state index is 12.9. The summed E-state index contributed by atoms with van der Waals surface area (Å²) in [5, 5.41) is 6.69. The Labute approximate surface area is 164 Å². The molecule has 2 aromatic carbocycles. The van der Waals surface area contributed by atoms with Gasteiger partial charge in [0.15, 0.2) is 0 Å². The van der Waals surface area contributed by atoms with Crippen molar-refractivity contribution >= 4 is 29.1 Å². The van der Waals surface area contributed by atoms with Crippen LogP contribution in [0.3, 0.4) is 0 Å². The van der Waals surface area contributed by atoms with Crippen LogP contribution in [0.25, 0.3) is 5.69 Å². The number of benzene rings is 2. The van der Waals surface area contributed by atoms with Crippen LogP contribution in [0.15, 0.2) is 59.5 Å². The number of halogens is 3. The number of aromatic nitrogens is 2. The number of nitrogens with zero attached hydrogens (tertiary/aromatic N) is 2. The molecule has 0 fully saturated rings. The highest BCUT2D eigenvalue weighted by Gasteiger charge is 2.10. The normalized spacial score (nSPS) is 10.6. The molecule has 0 aliphatic heterocycles. The second kappa shape index (κ2) is 8.33. The minimum Gasteiger partial charge on any atom is -0.352 e. The average Bonchev–Trinajstić information content (AvgIpc) is 2.68. The molecule has 0 aliphatic carbocycles. The zero-order valence-corrected chi connectivity index (χ0v) is 15.5. The summed E-state index contributed by atoms with van der Waals surface area (Å²) in [7, 11) is 0. The summed E-state index contributed by atoms with van der Waals surface area (Å²) in [6, 6.07) is 12.5. The van der Waals surface area contributed by atoms with Gasteiger partial charge in [-0.05, 0) is 48.4 Å². The summed E-state index contributed by atoms with van der Waals surface area (Å²) in [6.07, 6.45) is 1.87. The first-order valence-electron chi connectivity index (χ1n) is 8.02. The fraction of sp³-hybridized carbons (Fsp3) is 0.105. The molecule has 1 heterocycles. The highest BCUT2D eigenvalue weighted by Crippen LogP contribution is 2.16. The van der Waals surface area contributed by atoms with Crippen molar-refractivity contribution in [2.45, 2.75) is 6.42 Å². The molecular weight excluding hydrogens is 392 g/mol. The van der Waals surface area contributed by atoms with Crippen LogP contribution < -0.4 is 10.9 Å². The molecule has 27 heavy (non-hydrogen) atoms. The molecule has 0 saturated carbocycles. The smallest absolute Gasteiger partial charge is 0.291 e. The SMILES string of the molecule is O=C(NCCc1ccc(F)cc1)c1ccc(-n2ncc(Cl)c(Cl)c2=O)cc1. The maximum Gasteiger partial charge on any atom is 0.291 e. The van der Waals surface area contributed by atoms with E-state index in [-0.39, 0.29) is 21.8 Å². The zero-order valence-electron chi connectivity index (χ0n) is 14.0. The third-order valence-corrected chi connectivity index (χ3v) is 4.61. The molecule has 0 atom stereocenters. The van der Waals surface area contributed by atoms with Gasteiger partial charge in [0.05, 0.1) is 16.9 Å². The van der Waals surface area contributed by atoms with E-state index in [9.17, 15) is 14.0 Å². The van der Waals surface area contributed by atoms with E-state index in [1.165, 1.54) is 18.3 Å². The van der Waals surface area contributed by atoms with Crippen molar-refractivity contribution in [3.05, 3.63) is 92.1 Å². The lowest BCUT2D eigenvalue weighted by Crippen LogP contribution is -2.26. The minimum absolute atomic E-state index is 0.0788. The lowest BCUT2D eigenvalue weighted by Gasteiger charge is -2.08. The Kier molecular flexibility index (Phi) is 5.88. The summed E-state index contributed by atoms with van der Waals surface area (Å²) in [4.78, 5) is 24.3. The van der Waals surface area contributed by atoms with Gasteiger partial charge in [-0.25, -0.2) is 4.39 Å². The van der Waals surface area contributed by atoms with Gasteiger partial charge in [-0.15, -0.1) is 0 Å². The molecule has 0 spiro atoms. The minimum atomic E-state index is -0.541. The Hall–Kier alpha value is -2.70. The van der Waals surface area contributed by atoms with Gasteiger partial charge in [0.1, 0.15) is 10.8 Å². The Morgan fingerprint density at radius 3 is 2.41 bits per heavy atom. The van der Waals surface area contributed by atoms with Gasteiger partial charge < -0.3 is 5.32 Å². The lowest BCUT2D eigenvalue weighted by molar-refractivity contribution is 0.0954. The summed E-state index contributed by atoms with van der Waals surface area (Å²) in [5.74, 6) is -0.545.